The van der Waals surface area contributed by atoms with Crippen LogP contribution < -0.4 is 20.7 Å². The number of aromatic nitrogens is 5. The number of nitrogens with zero attached hydrogens (tertiary/aromatic N) is 7. The van der Waals surface area contributed by atoms with Gasteiger partial charge in [0.25, 0.3) is 5.56 Å². The molecule has 1 unspecified atom stereocenters. The van der Waals surface area contributed by atoms with Gasteiger partial charge in [0.05, 0.1) is 11.7 Å². The smallest absolute Gasteiger partial charge is 0.408 e. The number of pyridine rings is 1. The van der Waals surface area contributed by atoms with E-state index in [1.807, 2.05) is 31.5 Å². The number of hydrogen-bond donors (Lipinski definition) is 1. The van der Waals surface area contributed by atoms with Crippen LogP contribution in [0.5, 0.6) is 0 Å². The third-order valence-electron chi connectivity index (χ3n) is 10.9. The zero-order valence-corrected chi connectivity index (χ0v) is 30.3. The Hall–Kier alpha value is -4.23. The lowest BCUT2D eigenvalue weighted by molar-refractivity contribution is -0.0368. The van der Waals surface area contributed by atoms with Crippen LogP contribution in [0.3, 0.4) is 0 Å². The van der Waals surface area contributed by atoms with Crippen molar-refractivity contribution in [3.05, 3.63) is 68.5 Å². The van der Waals surface area contributed by atoms with Gasteiger partial charge in [-0.1, -0.05) is 17.7 Å². The lowest BCUT2D eigenvalue weighted by Gasteiger charge is -2.44. The molecular weight excluding hydrogens is 675 g/mol. The van der Waals surface area contributed by atoms with Crippen LogP contribution in [0.1, 0.15) is 88.3 Å². The minimum absolute atomic E-state index is 0.00940. The number of nitrogens with one attached hydrogen (secondary N) is 1. The predicted molar refractivity (Wildman–Crippen MR) is 192 cm³/mol. The van der Waals surface area contributed by atoms with Gasteiger partial charge in [0, 0.05) is 50.5 Å². The second kappa shape index (κ2) is 12.8. The van der Waals surface area contributed by atoms with E-state index >= 15 is 0 Å². The van der Waals surface area contributed by atoms with Gasteiger partial charge in [0.15, 0.2) is 34.2 Å². The van der Waals surface area contributed by atoms with E-state index in [2.05, 4.69) is 15.1 Å². The van der Waals surface area contributed by atoms with E-state index in [9.17, 15) is 14.0 Å². The first-order valence-corrected chi connectivity index (χ1v) is 18.3. The van der Waals surface area contributed by atoms with Crippen molar-refractivity contribution in [3.8, 4) is 0 Å². The fraction of sp³-hybridized carbons (Fsp3) is 0.541. The Balaban J connectivity index is 1.13. The van der Waals surface area contributed by atoms with Crippen LogP contribution in [0, 0.1) is 11.2 Å². The zero-order chi connectivity index (χ0) is 35.7. The number of amides is 1. The van der Waals surface area contributed by atoms with Gasteiger partial charge in [-0.05, 0) is 101 Å². The average molecular weight is 719 g/mol. The van der Waals surface area contributed by atoms with Crippen molar-refractivity contribution in [1.82, 2.24) is 29.6 Å². The number of benzene rings is 1. The van der Waals surface area contributed by atoms with Crippen LogP contribution in [0.4, 0.5) is 26.5 Å². The lowest BCUT2D eigenvalue weighted by atomic mass is 9.72. The number of ether oxygens (including phenoxy) is 2. The first-order valence-electron chi connectivity index (χ1n) is 18.0. The van der Waals surface area contributed by atoms with E-state index in [-0.39, 0.29) is 34.2 Å². The van der Waals surface area contributed by atoms with Crippen LogP contribution >= 0.6 is 11.6 Å². The van der Waals surface area contributed by atoms with E-state index in [4.69, 9.17) is 36.1 Å². The molecule has 12 nitrogen and oxygen atoms in total. The molecule has 1 aromatic carbocycles. The van der Waals surface area contributed by atoms with Crippen LogP contribution in [-0.4, -0.2) is 62.3 Å². The molecule has 4 aliphatic rings. The SMILES string of the molecule is Cn1ccc2c(c1=O)CCCN2c1nn(C2CCCCO2)c2nc(N3CCC4(CC3)Cc3cc(F)ccc3[C@H]4NC(=O)OC(C)(C)C)c(Cl)nc12. The summed E-state index contributed by atoms with van der Waals surface area (Å²) in [6.45, 7) is 8.03. The number of fused-ring (bicyclic) bond motifs is 3. The summed E-state index contributed by atoms with van der Waals surface area (Å²) in [7, 11) is 1.77. The molecule has 8 rings (SSSR count). The first kappa shape index (κ1) is 33.9. The molecule has 2 saturated heterocycles. The normalized spacial score (nSPS) is 21.5. The number of hydrogen-bond acceptors (Lipinski definition) is 9. The molecular formula is C37H44ClFN8O4. The number of carbonyl (C=O) groups excluding carboxylic acids is 1. The summed E-state index contributed by atoms with van der Waals surface area (Å²) in [6.07, 6.45) is 7.35. The lowest BCUT2D eigenvalue weighted by Crippen LogP contribution is -2.48. The van der Waals surface area contributed by atoms with Gasteiger partial charge in [-0.15, -0.1) is 5.10 Å². The summed E-state index contributed by atoms with van der Waals surface area (Å²) in [5.41, 5.74) is 3.58. The third-order valence-corrected chi connectivity index (χ3v) is 11.1. The van der Waals surface area contributed by atoms with E-state index in [1.54, 1.807) is 29.9 Å². The zero-order valence-electron chi connectivity index (χ0n) is 29.5. The minimum atomic E-state index is -0.650. The van der Waals surface area contributed by atoms with Crippen molar-refractivity contribution in [2.24, 2.45) is 12.5 Å². The second-order valence-corrected chi connectivity index (χ2v) is 15.8. The van der Waals surface area contributed by atoms with Crippen LogP contribution in [0.2, 0.25) is 5.15 Å². The molecule has 14 heteroatoms. The quantitative estimate of drug-likeness (QED) is 0.252. The Labute approximate surface area is 300 Å². The summed E-state index contributed by atoms with van der Waals surface area (Å²) in [5.74, 6) is 0.885. The standard InChI is InChI=1S/C37H44ClFN8O4/c1-36(2,3)51-35(49)41-29-24-11-10-23(39)20-22(24)21-37(29)13-17-45(18-14-37)33-30(38)40-28-31(42-33)47(27-9-5-6-19-50-27)43-32(28)46-15-7-8-25-26(46)12-16-44(4)34(25)48/h10-12,16,20,27,29H,5-9,13-15,17-19,21H2,1-4H3,(H,41,49)/t27?,29-/m1/s1. The molecule has 2 atom stereocenters. The van der Waals surface area contributed by atoms with Gasteiger partial charge in [-0.25, -0.2) is 23.8 Å². The molecule has 2 fully saturated rings. The number of alkyl carbamates (subject to hydrolysis) is 1. The number of anilines is 3. The number of aryl methyl sites for hydroxylation is 1. The second-order valence-electron chi connectivity index (χ2n) is 15.4. The van der Waals surface area contributed by atoms with E-state index in [0.717, 1.165) is 48.1 Å². The Morgan fingerprint density at radius 1 is 1.10 bits per heavy atom. The molecule has 51 heavy (non-hydrogen) atoms. The number of carbonyl (C=O) groups is 1. The Kier molecular flexibility index (Phi) is 8.48. The largest absolute Gasteiger partial charge is 0.444 e. The molecule has 6 heterocycles. The van der Waals surface area contributed by atoms with E-state index in [1.165, 1.54) is 6.07 Å². The molecule has 1 N–H and O–H groups in total. The molecule has 0 saturated carbocycles. The van der Waals surface area contributed by atoms with E-state index in [0.29, 0.717) is 74.7 Å². The van der Waals surface area contributed by atoms with Crippen molar-refractivity contribution in [1.29, 1.82) is 0 Å². The third kappa shape index (κ3) is 6.11. The van der Waals surface area contributed by atoms with Crippen LogP contribution in [0.15, 0.2) is 35.3 Å². The molecule has 3 aliphatic heterocycles. The Morgan fingerprint density at radius 2 is 1.90 bits per heavy atom. The van der Waals surface area contributed by atoms with Gasteiger partial charge < -0.3 is 29.2 Å². The molecule has 0 bridgehead atoms. The molecule has 1 amide bonds. The predicted octanol–water partition coefficient (Wildman–Crippen LogP) is 6.51. The van der Waals surface area contributed by atoms with Crippen LogP contribution in [-0.2, 0) is 29.4 Å². The number of halogens is 2. The Bertz CT molecular complexity index is 2060. The maximum Gasteiger partial charge on any atom is 0.408 e. The van der Waals surface area contributed by atoms with Crippen molar-refractivity contribution < 1.29 is 18.7 Å². The van der Waals surface area contributed by atoms with Gasteiger partial charge in [0.2, 0.25) is 0 Å². The monoisotopic (exact) mass is 718 g/mol. The number of rotatable bonds is 4. The summed E-state index contributed by atoms with van der Waals surface area (Å²) in [6, 6.07) is 6.46. The first-order chi connectivity index (χ1) is 24.4. The van der Waals surface area contributed by atoms with Crippen molar-refractivity contribution in [2.75, 3.05) is 36.0 Å². The van der Waals surface area contributed by atoms with Gasteiger partial charge >= 0.3 is 6.09 Å². The van der Waals surface area contributed by atoms with E-state index < -0.39 is 11.7 Å². The fourth-order valence-corrected chi connectivity index (χ4v) is 8.67. The number of piperidine rings is 1. The molecule has 1 spiro atoms. The molecule has 1 aliphatic carbocycles. The highest BCUT2D eigenvalue weighted by Crippen LogP contribution is 2.53. The fourth-order valence-electron chi connectivity index (χ4n) is 8.43. The Morgan fingerprint density at radius 3 is 2.65 bits per heavy atom. The van der Waals surface area contributed by atoms with Gasteiger partial charge in [0.1, 0.15) is 11.4 Å². The molecule has 0 radical (unpaired) electrons. The van der Waals surface area contributed by atoms with Crippen molar-refractivity contribution in [2.45, 2.75) is 90.0 Å². The van der Waals surface area contributed by atoms with Crippen molar-refractivity contribution >= 4 is 46.2 Å². The maximum atomic E-state index is 14.4. The average Bonchev–Trinajstić information content (AvgIpc) is 3.60. The topological polar surface area (TPSA) is 120 Å². The summed E-state index contributed by atoms with van der Waals surface area (Å²) >= 11 is 7.02. The summed E-state index contributed by atoms with van der Waals surface area (Å²) in [4.78, 5) is 40.5. The van der Waals surface area contributed by atoms with Crippen LogP contribution in [0.25, 0.3) is 11.2 Å². The maximum absolute atomic E-state index is 14.4. The highest BCUT2D eigenvalue weighted by molar-refractivity contribution is 6.32. The van der Waals surface area contributed by atoms with Crippen molar-refractivity contribution in [3.63, 3.8) is 0 Å². The summed E-state index contributed by atoms with van der Waals surface area (Å²) < 4.78 is 29.7. The molecule has 270 valence electrons. The molecule has 3 aromatic heterocycles. The van der Waals surface area contributed by atoms with Gasteiger partial charge in [-0.2, -0.15) is 0 Å². The van der Waals surface area contributed by atoms with Gasteiger partial charge in [-0.3, -0.25) is 4.79 Å². The highest BCUT2D eigenvalue weighted by Gasteiger charge is 2.49. The highest BCUT2D eigenvalue weighted by atomic mass is 35.5. The molecule has 4 aromatic rings. The summed E-state index contributed by atoms with van der Waals surface area (Å²) in [5, 5.41) is 8.50. The minimum Gasteiger partial charge on any atom is -0.444 e.